The Morgan fingerprint density at radius 1 is 1.17 bits per heavy atom. The molecule has 1 fully saturated rings. The number of benzene rings is 1. The van der Waals surface area contributed by atoms with E-state index in [4.69, 9.17) is 0 Å². The molecule has 0 heterocycles. The van der Waals surface area contributed by atoms with Crippen LogP contribution >= 0.6 is 0 Å². The summed E-state index contributed by atoms with van der Waals surface area (Å²) in [6.07, 6.45) is 6.37. The van der Waals surface area contributed by atoms with Crippen LogP contribution in [0.25, 0.3) is 0 Å². The second-order valence-corrected chi connectivity index (χ2v) is 6.31. The maximum atomic E-state index is 10.9. The Kier molecular flexibility index (Phi) is 4.11. The lowest BCUT2D eigenvalue weighted by Crippen LogP contribution is -2.31. The van der Waals surface area contributed by atoms with E-state index in [1.165, 1.54) is 36.0 Å². The number of aliphatic hydroxyl groups is 1. The topological polar surface area (TPSA) is 20.2 Å². The highest BCUT2D eigenvalue weighted by atomic mass is 16.3. The van der Waals surface area contributed by atoms with Gasteiger partial charge in [0.05, 0.1) is 5.60 Å². The molecule has 1 N–H and O–H groups in total. The Bertz CT molecular complexity index is 390. The van der Waals surface area contributed by atoms with Gasteiger partial charge in [-0.1, -0.05) is 38.0 Å². The monoisotopic (exact) mass is 246 g/mol. The van der Waals surface area contributed by atoms with Gasteiger partial charge in [-0.25, -0.2) is 0 Å². The lowest BCUT2D eigenvalue weighted by atomic mass is 9.84. The molecule has 1 saturated carbocycles. The second-order valence-electron chi connectivity index (χ2n) is 6.31. The van der Waals surface area contributed by atoms with E-state index in [9.17, 15) is 5.11 Å². The Morgan fingerprint density at radius 2 is 1.83 bits per heavy atom. The Labute approximate surface area is 111 Å². The molecule has 1 aliphatic rings. The van der Waals surface area contributed by atoms with Crippen molar-refractivity contribution in [2.45, 2.75) is 64.9 Å². The summed E-state index contributed by atoms with van der Waals surface area (Å²) in [5, 5.41) is 10.9. The predicted molar refractivity (Wildman–Crippen MR) is 76.8 cm³/mol. The van der Waals surface area contributed by atoms with Crippen molar-refractivity contribution in [3.05, 3.63) is 34.9 Å². The van der Waals surface area contributed by atoms with Crippen LogP contribution in [0.2, 0.25) is 0 Å². The van der Waals surface area contributed by atoms with Crippen LogP contribution in [0.5, 0.6) is 0 Å². The number of hydrogen-bond acceptors (Lipinski definition) is 1. The highest BCUT2D eigenvalue weighted by molar-refractivity contribution is 5.34. The Balaban J connectivity index is 2.16. The molecule has 0 radical (unpaired) electrons. The molecular weight excluding hydrogens is 220 g/mol. The molecule has 0 amide bonds. The molecule has 0 saturated heterocycles. The molecule has 0 bridgehead atoms. The van der Waals surface area contributed by atoms with Crippen LogP contribution in [0, 0.1) is 19.8 Å². The van der Waals surface area contributed by atoms with E-state index >= 15 is 0 Å². The van der Waals surface area contributed by atoms with E-state index in [0.717, 1.165) is 25.2 Å². The van der Waals surface area contributed by atoms with Crippen molar-refractivity contribution >= 4 is 0 Å². The zero-order valence-corrected chi connectivity index (χ0v) is 12.0. The van der Waals surface area contributed by atoms with Gasteiger partial charge in [0.25, 0.3) is 0 Å². The Hall–Kier alpha value is -0.820. The van der Waals surface area contributed by atoms with Crippen LogP contribution in [0.4, 0.5) is 0 Å². The van der Waals surface area contributed by atoms with E-state index in [0.29, 0.717) is 0 Å². The molecule has 1 aliphatic carbocycles. The van der Waals surface area contributed by atoms with Gasteiger partial charge in [-0.15, -0.1) is 0 Å². The molecular formula is C17H26O. The zero-order valence-electron chi connectivity index (χ0n) is 12.0. The van der Waals surface area contributed by atoms with E-state index < -0.39 is 5.60 Å². The zero-order chi connectivity index (χ0) is 13.2. The van der Waals surface area contributed by atoms with Gasteiger partial charge in [-0.3, -0.25) is 0 Å². The minimum absolute atomic E-state index is 0.471. The SMILES string of the molecule is Cc1cccc(C)c1CC1(O)CCCC(C)CC1. The number of hydrogen-bond donors (Lipinski definition) is 1. The van der Waals surface area contributed by atoms with Crippen molar-refractivity contribution in [3.8, 4) is 0 Å². The normalized spacial score (nSPS) is 29.0. The summed E-state index contributed by atoms with van der Waals surface area (Å²) in [7, 11) is 0. The average molecular weight is 246 g/mol. The summed E-state index contributed by atoms with van der Waals surface area (Å²) >= 11 is 0. The van der Waals surface area contributed by atoms with Crippen LogP contribution in [0.1, 0.15) is 55.7 Å². The number of rotatable bonds is 2. The van der Waals surface area contributed by atoms with Crippen molar-refractivity contribution in [3.63, 3.8) is 0 Å². The van der Waals surface area contributed by atoms with Crippen LogP contribution in [0.15, 0.2) is 18.2 Å². The van der Waals surface area contributed by atoms with Gasteiger partial charge >= 0.3 is 0 Å². The summed E-state index contributed by atoms with van der Waals surface area (Å²) in [6, 6.07) is 6.42. The minimum atomic E-state index is -0.471. The van der Waals surface area contributed by atoms with E-state index in [2.05, 4.69) is 39.0 Å². The molecule has 100 valence electrons. The molecule has 1 heteroatoms. The van der Waals surface area contributed by atoms with E-state index in [-0.39, 0.29) is 0 Å². The molecule has 2 atom stereocenters. The third kappa shape index (κ3) is 3.14. The van der Waals surface area contributed by atoms with Crippen molar-refractivity contribution < 1.29 is 5.11 Å². The highest BCUT2D eigenvalue weighted by Gasteiger charge is 2.30. The fourth-order valence-electron chi connectivity index (χ4n) is 3.20. The van der Waals surface area contributed by atoms with Crippen molar-refractivity contribution in [2.75, 3.05) is 0 Å². The summed E-state index contributed by atoms with van der Waals surface area (Å²) in [4.78, 5) is 0. The lowest BCUT2D eigenvalue weighted by molar-refractivity contribution is 0.0241. The van der Waals surface area contributed by atoms with E-state index in [1.54, 1.807) is 0 Å². The summed E-state index contributed by atoms with van der Waals surface area (Å²) in [5.74, 6) is 0.775. The Morgan fingerprint density at radius 3 is 2.50 bits per heavy atom. The quantitative estimate of drug-likeness (QED) is 0.776. The average Bonchev–Trinajstić information content (AvgIpc) is 2.47. The number of aryl methyl sites for hydroxylation is 2. The summed E-state index contributed by atoms with van der Waals surface area (Å²) in [6.45, 7) is 6.63. The van der Waals surface area contributed by atoms with E-state index in [1.807, 2.05) is 0 Å². The lowest BCUT2D eigenvalue weighted by Gasteiger charge is -2.28. The molecule has 2 unspecified atom stereocenters. The third-order valence-electron chi connectivity index (χ3n) is 4.59. The first-order valence-corrected chi connectivity index (χ1v) is 7.28. The van der Waals surface area contributed by atoms with Crippen LogP contribution in [-0.2, 0) is 6.42 Å². The van der Waals surface area contributed by atoms with Crippen LogP contribution in [0.3, 0.4) is 0 Å². The molecule has 0 spiro atoms. The van der Waals surface area contributed by atoms with Gasteiger partial charge in [0.15, 0.2) is 0 Å². The van der Waals surface area contributed by atoms with Gasteiger partial charge in [0.2, 0.25) is 0 Å². The minimum Gasteiger partial charge on any atom is -0.390 e. The molecule has 18 heavy (non-hydrogen) atoms. The van der Waals surface area contributed by atoms with Gasteiger partial charge in [-0.05, 0) is 55.7 Å². The van der Waals surface area contributed by atoms with Crippen molar-refractivity contribution in [1.29, 1.82) is 0 Å². The summed E-state index contributed by atoms with van der Waals surface area (Å²) < 4.78 is 0. The molecule has 1 aromatic rings. The maximum Gasteiger partial charge on any atom is 0.0688 e. The van der Waals surface area contributed by atoms with Gasteiger partial charge in [0.1, 0.15) is 0 Å². The molecule has 2 rings (SSSR count). The van der Waals surface area contributed by atoms with Crippen LogP contribution in [-0.4, -0.2) is 10.7 Å². The smallest absolute Gasteiger partial charge is 0.0688 e. The second kappa shape index (κ2) is 5.44. The first-order chi connectivity index (χ1) is 8.50. The fraction of sp³-hybridized carbons (Fsp3) is 0.647. The fourth-order valence-corrected chi connectivity index (χ4v) is 3.20. The van der Waals surface area contributed by atoms with Gasteiger partial charge < -0.3 is 5.11 Å². The standard InChI is InChI=1S/C17H26O/c1-13-6-5-10-17(18,11-9-13)12-16-14(2)7-4-8-15(16)3/h4,7-8,13,18H,5-6,9-12H2,1-3H3. The summed E-state index contributed by atoms with van der Waals surface area (Å²) in [5.41, 5.74) is 3.53. The molecule has 0 aromatic heterocycles. The largest absolute Gasteiger partial charge is 0.390 e. The molecule has 1 aromatic carbocycles. The molecule has 1 nitrogen and oxygen atoms in total. The van der Waals surface area contributed by atoms with Crippen molar-refractivity contribution in [2.24, 2.45) is 5.92 Å². The molecule has 0 aliphatic heterocycles. The van der Waals surface area contributed by atoms with Gasteiger partial charge in [0, 0.05) is 6.42 Å². The third-order valence-corrected chi connectivity index (χ3v) is 4.59. The maximum absolute atomic E-state index is 10.9. The predicted octanol–water partition coefficient (Wildman–Crippen LogP) is 4.18. The van der Waals surface area contributed by atoms with Crippen molar-refractivity contribution in [1.82, 2.24) is 0 Å². The van der Waals surface area contributed by atoms with Crippen LogP contribution < -0.4 is 0 Å². The first kappa shape index (κ1) is 13.6. The highest BCUT2D eigenvalue weighted by Crippen LogP contribution is 2.34. The van der Waals surface area contributed by atoms with Gasteiger partial charge in [-0.2, -0.15) is 0 Å². The first-order valence-electron chi connectivity index (χ1n) is 7.28.